The van der Waals surface area contributed by atoms with Gasteiger partial charge in [0.15, 0.2) is 0 Å². The van der Waals surface area contributed by atoms with E-state index in [9.17, 15) is 0 Å². The van der Waals surface area contributed by atoms with Crippen LogP contribution in [0.1, 0.15) is 22.5 Å². The molecule has 0 fully saturated rings. The molecule has 2 rings (SSSR count). The lowest BCUT2D eigenvalue weighted by Crippen LogP contribution is -2.15. The van der Waals surface area contributed by atoms with Crippen LogP contribution in [0.4, 0.5) is 0 Å². The van der Waals surface area contributed by atoms with Gasteiger partial charge in [0.1, 0.15) is 12.4 Å². The first-order valence-corrected chi connectivity index (χ1v) is 7.86. The van der Waals surface area contributed by atoms with Crippen LogP contribution in [-0.2, 0) is 20.1 Å². The fourth-order valence-corrected chi connectivity index (χ4v) is 2.75. The molecule has 0 radical (unpaired) electrons. The summed E-state index contributed by atoms with van der Waals surface area (Å²) < 4.78 is 8.51. The second-order valence-electron chi connectivity index (χ2n) is 5.12. The molecule has 0 saturated carbocycles. The van der Waals surface area contributed by atoms with Gasteiger partial charge in [-0.1, -0.05) is 21.9 Å². The molecule has 5 heteroatoms. The van der Waals surface area contributed by atoms with E-state index in [4.69, 9.17) is 11.2 Å². The fraction of sp³-hybridized carbons (Fsp3) is 0.353. The van der Waals surface area contributed by atoms with Gasteiger partial charge in [0.25, 0.3) is 0 Å². The molecule has 0 bridgehead atoms. The summed E-state index contributed by atoms with van der Waals surface area (Å²) in [6.45, 7) is 5.86. The third-order valence-corrected chi connectivity index (χ3v) is 4.10. The zero-order valence-corrected chi connectivity index (χ0v) is 14.7. The second kappa shape index (κ2) is 7.48. The summed E-state index contributed by atoms with van der Waals surface area (Å²) in [5.74, 6) is 3.31. The highest BCUT2D eigenvalue weighted by Gasteiger charge is 2.10. The predicted octanol–water partition coefficient (Wildman–Crippen LogP) is 3.10. The number of halogens is 1. The van der Waals surface area contributed by atoms with E-state index < -0.39 is 0 Å². The van der Waals surface area contributed by atoms with Gasteiger partial charge in [-0.05, 0) is 32.0 Å². The number of aryl methyl sites for hydroxylation is 2. The van der Waals surface area contributed by atoms with E-state index in [2.05, 4.69) is 39.2 Å². The Bertz CT molecular complexity index is 701. The van der Waals surface area contributed by atoms with E-state index in [0.717, 1.165) is 28.0 Å². The molecule has 116 valence electrons. The molecule has 0 spiro atoms. The highest BCUT2D eigenvalue weighted by Crippen LogP contribution is 2.23. The standard InChI is InChI=1S/C17H20BrN3O/c1-5-8-22-17-7-6-15(18)9-14(17)10-19-11-16-12(2)20-21(4)13(16)3/h1,6-7,9,19H,8,10-11H2,2-4H3. The summed E-state index contributed by atoms with van der Waals surface area (Å²) in [6, 6.07) is 5.92. The van der Waals surface area contributed by atoms with Gasteiger partial charge in [-0.3, -0.25) is 4.68 Å². The summed E-state index contributed by atoms with van der Waals surface area (Å²) in [5.41, 5.74) is 4.56. The Balaban J connectivity index is 2.05. The van der Waals surface area contributed by atoms with E-state index in [-0.39, 0.29) is 6.61 Å². The molecule has 1 aromatic heterocycles. The van der Waals surface area contributed by atoms with Crippen LogP contribution < -0.4 is 10.1 Å². The highest BCUT2D eigenvalue weighted by atomic mass is 79.9. The number of benzene rings is 1. The molecule has 1 N–H and O–H groups in total. The first kappa shape index (κ1) is 16.6. The van der Waals surface area contributed by atoms with Gasteiger partial charge in [0, 0.05) is 41.4 Å². The van der Waals surface area contributed by atoms with E-state index in [0.29, 0.717) is 6.54 Å². The molecule has 0 unspecified atom stereocenters. The van der Waals surface area contributed by atoms with Crippen LogP contribution in [0, 0.1) is 26.2 Å². The Hall–Kier alpha value is -1.77. The van der Waals surface area contributed by atoms with E-state index in [1.807, 2.05) is 36.9 Å². The largest absolute Gasteiger partial charge is 0.481 e. The summed E-state index contributed by atoms with van der Waals surface area (Å²) in [5, 5.41) is 7.88. The topological polar surface area (TPSA) is 39.1 Å². The minimum Gasteiger partial charge on any atom is -0.481 e. The Kier molecular flexibility index (Phi) is 5.64. The van der Waals surface area contributed by atoms with Crippen molar-refractivity contribution in [1.29, 1.82) is 0 Å². The van der Waals surface area contributed by atoms with Gasteiger partial charge >= 0.3 is 0 Å². The summed E-state index contributed by atoms with van der Waals surface area (Å²) in [7, 11) is 1.96. The lowest BCUT2D eigenvalue weighted by Gasteiger charge is -2.11. The molecular weight excluding hydrogens is 342 g/mol. The first-order valence-electron chi connectivity index (χ1n) is 7.07. The smallest absolute Gasteiger partial charge is 0.148 e. The number of nitrogens with zero attached hydrogens (tertiary/aromatic N) is 2. The van der Waals surface area contributed by atoms with Crippen molar-refractivity contribution in [2.24, 2.45) is 7.05 Å². The number of hydrogen-bond donors (Lipinski definition) is 1. The van der Waals surface area contributed by atoms with Gasteiger partial charge in [0.05, 0.1) is 5.69 Å². The van der Waals surface area contributed by atoms with Crippen LogP contribution in [0.25, 0.3) is 0 Å². The van der Waals surface area contributed by atoms with Gasteiger partial charge in [-0.15, -0.1) is 6.42 Å². The Labute approximate surface area is 140 Å². The summed E-state index contributed by atoms with van der Waals surface area (Å²) in [6.07, 6.45) is 5.26. The van der Waals surface area contributed by atoms with Crippen molar-refractivity contribution >= 4 is 15.9 Å². The number of ether oxygens (including phenoxy) is 1. The molecule has 0 atom stereocenters. The molecular formula is C17H20BrN3O. The number of rotatable bonds is 6. The van der Waals surface area contributed by atoms with Crippen molar-refractivity contribution in [3.05, 3.63) is 45.2 Å². The van der Waals surface area contributed by atoms with E-state index in [1.54, 1.807) is 0 Å². The monoisotopic (exact) mass is 361 g/mol. The molecule has 22 heavy (non-hydrogen) atoms. The molecule has 1 aromatic carbocycles. The second-order valence-corrected chi connectivity index (χ2v) is 6.04. The van der Waals surface area contributed by atoms with Gasteiger partial charge in [0.2, 0.25) is 0 Å². The van der Waals surface area contributed by atoms with Gasteiger partial charge in [-0.2, -0.15) is 5.10 Å². The molecule has 0 amide bonds. The van der Waals surface area contributed by atoms with Crippen LogP contribution in [0.5, 0.6) is 5.75 Å². The minimum atomic E-state index is 0.273. The average molecular weight is 362 g/mol. The summed E-state index contributed by atoms with van der Waals surface area (Å²) in [4.78, 5) is 0. The Morgan fingerprint density at radius 2 is 2.14 bits per heavy atom. The SMILES string of the molecule is C#CCOc1ccc(Br)cc1CNCc1c(C)nn(C)c1C. The van der Waals surface area contributed by atoms with E-state index in [1.165, 1.54) is 11.3 Å². The van der Waals surface area contributed by atoms with Crippen molar-refractivity contribution in [1.82, 2.24) is 15.1 Å². The van der Waals surface area contributed by atoms with Crippen LogP contribution in [-0.4, -0.2) is 16.4 Å². The summed E-state index contributed by atoms with van der Waals surface area (Å²) >= 11 is 3.49. The maximum absolute atomic E-state index is 5.58. The fourth-order valence-electron chi connectivity index (χ4n) is 2.34. The predicted molar refractivity (Wildman–Crippen MR) is 91.7 cm³/mol. The number of aromatic nitrogens is 2. The van der Waals surface area contributed by atoms with Crippen molar-refractivity contribution < 1.29 is 4.74 Å². The third kappa shape index (κ3) is 3.90. The van der Waals surface area contributed by atoms with Crippen molar-refractivity contribution in [2.75, 3.05) is 6.61 Å². The lowest BCUT2D eigenvalue weighted by molar-refractivity contribution is 0.364. The maximum atomic E-state index is 5.58. The van der Waals surface area contributed by atoms with Crippen molar-refractivity contribution in [3.63, 3.8) is 0 Å². The lowest BCUT2D eigenvalue weighted by atomic mass is 10.1. The Morgan fingerprint density at radius 1 is 1.36 bits per heavy atom. The van der Waals surface area contributed by atoms with Gasteiger partial charge < -0.3 is 10.1 Å². The molecule has 1 heterocycles. The normalized spacial score (nSPS) is 10.5. The molecule has 0 aliphatic carbocycles. The van der Waals surface area contributed by atoms with Crippen LogP contribution in [0.3, 0.4) is 0 Å². The first-order chi connectivity index (χ1) is 10.5. The zero-order chi connectivity index (χ0) is 16.1. The van der Waals surface area contributed by atoms with Crippen LogP contribution in [0.2, 0.25) is 0 Å². The van der Waals surface area contributed by atoms with Crippen molar-refractivity contribution in [3.8, 4) is 18.1 Å². The molecule has 0 aliphatic heterocycles. The average Bonchev–Trinajstić information content (AvgIpc) is 2.72. The van der Waals surface area contributed by atoms with E-state index >= 15 is 0 Å². The molecule has 0 aliphatic rings. The number of nitrogens with one attached hydrogen (secondary N) is 1. The van der Waals surface area contributed by atoms with Crippen LogP contribution in [0.15, 0.2) is 22.7 Å². The van der Waals surface area contributed by atoms with Gasteiger partial charge in [-0.25, -0.2) is 0 Å². The van der Waals surface area contributed by atoms with Crippen LogP contribution >= 0.6 is 15.9 Å². The number of terminal acetylenes is 1. The van der Waals surface area contributed by atoms with Crippen molar-refractivity contribution in [2.45, 2.75) is 26.9 Å². The maximum Gasteiger partial charge on any atom is 0.148 e. The Morgan fingerprint density at radius 3 is 2.77 bits per heavy atom. The molecule has 4 nitrogen and oxygen atoms in total. The third-order valence-electron chi connectivity index (χ3n) is 3.61. The number of hydrogen-bond acceptors (Lipinski definition) is 3. The zero-order valence-electron chi connectivity index (χ0n) is 13.1. The molecule has 2 aromatic rings. The minimum absolute atomic E-state index is 0.273. The quantitative estimate of drug-likeness (QED) is 0.803. The highest BCUT2D eigenvalue weighted by molar-refractivity contribution is 9.10. The molecule has 0 saturated heterocycles.